The van der Waals surface area contributed by atoms with Crippen molar-refractivity contribution in [1.29, 1.82) is 0 Å². The molecule has 19 heavy (non-hydrogen) atoms. The minimum atomic E-state index is -3.22. The van der Waals surface area contributed by atoms with Crippen LogP contribution in [0.2, 0.25) is 0 Å². The predicted octanol–water partition coefficient (Wildman–Crippen LogP) is 2.08. The molecule has 1 aliphatic heterocycles. The summed E-state index contributed by atoms with van der Waals surface area (Å²) >= 11 is 3.43. The van der Waals surface area contributed by atoms with Gasteiger partial charge in [-0.25, -0.2) is 8.42 Å². The molecule has 0 saturated carbocycles. The zero-order chi connectivity index (χ0) is 14.0. The van der Waals surface area contributed by atoms with Gasteiger partial charge < -0.3 is 9.64 Å². The van der Waals surface area contributed by atoms with Gasteiger partial charge in [-0.1, -0.05) is 28.1 Å². The third-order valence-electron chi connectivity index (χ3n) is 3.10. The number of hydrogen-bond acceptors (Lipinski definition) is 4. The molecule has 0 aromatic heterocycles. The van der Waals surface area contributed by atoms with Crippen LogP contribution in [0.3, 0.4) is 0 Å². The van der Waals surface area contributed by atoms with Gasteiger partial charge in [0.25, 0.3) is 0 Å². The first-order chi connectivity index (χ1) is 8.91. The van der Waals surface area contributed by atoms with Crippen molar-refractivity contribution in [2.75, 3.05) is 29.6 Å². The van der Waals surface area contributed by atoms with Crippen molar-refractivity contribution in [2.24, 2.45) is 0 Å². The number of hydrogen-bond donors (Lipinski definition) is 0. The van der Waals surface area contributed by atoms with Gasteiger partial charge in [-0.2, -0.15) is 0 Å². The lowest BCUT2D eigenvalue weighted by atomic mass is 10.2. The molecule has 0 spiro atoms. The summed E-state index contributed by atoms with van der Waals surface area (Å²) in [6, 6.07) is 7.15. The Hall–Kier alpha value is -0.590. The number of nitrogens with zero attached hydrogens (tertiary/aromatic N) is 1. The topological polar surface area (TPSA) is 46.6 Å². The lowest BCUT2D eigenvalue weighted by Crippen LogP contribution is -2.47. The number of ether oxygens (including phenoxy) is 1. The maximum absolute atomic E-state index is 11.9. The van der Waals surface area contributed by atoms with Crippen LogP contribution in [0.4, 0.5) is 5.69 Å². The van der Waals surface area contributed by atoms with E-state index in [1.807, 2.05) is 19.1 Å². The molecule has 0 amide bonds. The van der Waals surface area contributed by atoms with E-state index in [9.17, 15) is 8.42 Å². The Morgan fingerprint density at radius 2 is 2.05 bits per heavy atom. The summed E-state index contributed by atoms with van der Waals surface area (Å²) in [6.07, 6.45) is 1.41. The van der Waals surface area contributed by atoms with Crippen LogP contribution in [-0.2, 0) is 14.6 Å². The third kappa shape index (κ3) is 3.49. The van der Waals surface area contributed by atoms with E-state index in [1.54, 1.807) is 12.1 Å². The summed E-state index contributed by atoms with van der Waals surface area (Å²) in [5.41, 5.74) is 0.770. The SMILES string of the molecule is CC1CN(c2ccccc2S(C)(=O)=O)CC(CBr)O1. The molecule has 2 unspecified atom stereocenters. The molecule has 1 heterocycles. The van der Waals surface area contributed by atoms with Crippen molar-refractivity contribution in [2.45, 2.75) is 24.0 Å². The average Bonchev–Trinajstić information content (AvgIpc) is 2.37. The summed E-state index contributed by atoms with van der Waals surface area (Å²) < 4.78 is 29.5. The number of alkyl halides is 1. The van der Waals surface area contributed by atoms with Gasteiger partial charge in [0, 0.05) is 24.7 Å². The van der Waals surface area contributed by atoms with Crippen molar-refractivity contribution in [3.63, 3.8) is 0 Å². The minimum absolute atomic E-state index is 0.0800. The molecule has 1 fully saturated rings. The molecule has 2 atom stereocenters. The maximum Gasteiger partial charge on any atom is 0.177 e. The van der Waals surface area contributed by atoms with Gasteiger partial charge in [0.1, 0.15) is 0 Å². The van der Waals surface area contributed by atoms with Crippen molar-refractivity contribution < 1.29 is 13.2 Å². The molecule has 1 aliphatic rings. The second-order valence-corrected chi connectivity index (χ2v) is 7.50. The fourth-order valence-corrected chi connectivity index (χ4v) is 3.62. The highest BCUT2D eigenvalue weighted by molar-refractivity contribution is 9.09. The number of morpholine rings is 1. The van der Waals surface area contributed by atoms with Crippen LogP contribution in [0.25, 0.3) is 0 Å². The van der Waals surface area contributed by atoms with Crippen LogP contribution in [0.15, 0.2) is 29.2 Å². The summed E-state index contributed by atoms with van der Waals surface area (Å²) in [6.45, 7) is 3.41. The molecule has 106 valence electrons. The predicted molar refractivity (Wildman–Crippen MR) is 79.9 cm³/mol. The van der Waals surface area contributed by atoms with E-state index in [1.165, 1.54) is 6.26 Å². The molecule has 0 bridgehead atoms. The van der Waals surface area contributed by atoms with Crippen LogP contribution in [-0.4, -0.2) is 45.3 Å². The number of sulfone groups is 1. The Labute approximate surface area is 122 Å². The molecule has 0 radical (unpaired) electrons. The Balaban J connectivity index is 2.36. The average molecular weight is 348 g/mol. The molecule has 1 aromatic carbocycles. The largest absolute Gasteiger partial charge is 0.371 e. The quantitative estimate of drug-likeness (QED) is 0.785. The van der Waals surface area contributed by atoms with E-state index in [2.05, 4.69) is 20.8 Å². The lowest BCUT2D eigenvalue weighted by molar-refractivity contribution is -0.00214. The Bertz CT molecular complexity index is 547. The van der Waals surface area contributed by atoms with E-state index >= 15 is 0 Å². The van der Waals surface area contributed by atoms with Crippen LogP contribution >= 0.6 is 15.9 Å². The number of anilines is 1. The molecule has 1 aromatic rings. The molecule has 4 nitrogen and oxygen atoms in total. The van der Waals surface area contributed by atoms with Gasteiger partial charge in [0.15, 0.2) is 9.84 Å². The molecule has 0 aliphatic carbocycles. The summed E-state index contributed by atoms with van der Waals surface area (Å²) in [5.74, 6) is 0. The normalized spacial score (nSPS) is 24.5. The maximum atomic E-state index is 11.9. The van der Waals surface area contributed by atoms with Crippen LogP contribution in [0.5, 0.6) is 0 Å². The number of para-hydroxylation sites is 1. The minimum Gasteiger partial charge on any atom is -0.371 e. The third-order valence-corrected chi connectivity index (χ3v) is 4.97. The van der Waals surface area contributed by atoms with E-state index < -0.39 is 9.84 Å². The van der Waals surface area contributed by atoms with Crippen LogP contribution < -0.4 is 4.90 Å². The zero-order valence-electron chi connectivity index (χ0n) is 11.0. The number of halogens is 1. The fourth-order valence-electron chi connectivity index (χ4n) is 2.36. The van der Waals surface area contributed by atoms with Crippen LogP contribution in [0.1, 0.15) is 6.92 Å². The monoisotopic (exact) mass is 347 g/mol. The second-order valence-electron chi connectivity index (χ2n) is 4.87. The van der Waals surface area contributed by atoms with Crippen LogP contribution in [0, 0.1) is 0 Å². The van der Waals surface area contributed by atoms with E-state index in [0.717, 1.165) is 11.0 Å². The highest BCUT2D eigenvalue weighted by Gasteiger charge is 2.27. The van der Waals surface area contributed by atoms with E-state index in [-0.39, 0.29) is 12.2 Å². The first-order valence-corrected chi connectivity index (χ1v) is 9.18. The van der Waals surface area contributed by atoms with Gasteiger partial charge in [-0.3, -0.25) is 0 Å². The van der Waals surface area contributed by atoms with Gasteiger partial charge >= 0.3 is 0 Å². The van der Waals surface area contributed by atoms with Gasteiger partial charge in [-0.15, -0.1) is 0 Å². The number of rotatable bonds is 3. The highest BCUT2D eigenvalue weighted by atomic mass is 79.9. The Kier molecular flexibility index (Phi) is 4.53. The molecular weight excluding hydrogens is 330 g/mol. The van der Waals surface area contributed by atoms with Gasteiger partial charge in [0.05, 0.1) is 22.8 Å². The van der Waals surface area contributed by atoms with E-state index in [4.69, 9.17) is 4.74 Å². The zero-order valence-corrected chi connectivity index (χ0v) is 13.4. The van der Waals surface area contributed by atoms with E-state index in [0.29, 0.717) is 18.0 Å². The summed E-state index contributed by atoms with van der Waals surface area (Å²) in [7, 11) is -3.22. The molecule has 1 saturated heterocycles. The Morgan fingerprint density at radius 1 is 1.37 bits per heavy atom. The van der Waals surface area contributed by atoms with Crippen molar-refractivity contribution >= 4 is 31.5 Å². The molecule has 6 heteroatoms. The van der Waals surface area contributed by atoms with Crippen molar-refractivity contribution in [3.8, 4) is 0 Å². The number of benzene rings is 1. The second kappa shape index (κ2) is 5.81. The molecule has 2 rings (SSSR count). The summed E-state index contributed by atoms with van der Waals surface area (Å²) in [5, 5.41) is 0.745. The fraction of sp³-hybridized carbons (Fsp3) is 0.538. The highest BCUT2D eigenvalue weighted by Crippen LogP contribution is 2.28. The lowest BCUT2D eigenvalue weighted by Gasteiger charge is -2.38. The smallest absolute Gasteiger partial charge is 0.177 e. The first kappa shape index (κ1) is 14.8. The van der Waals surface area contributed by atoms with Gasteiger partial charge in [0.2, 0.25) is 0 Å². The first-order valence-electron chi connectivity index (χ1n) is 6.17. The standard InChI is InChI=1S/C13H18BrNO3S/c1-10-8-15(9-11(7-14)18-10)12-5-3-4-6-13(12)19(2,16)17/h3-6,10-11H,7-9H2,1-2H3. The summed E-state index contributed by atoms with van der Waals surface area (Å²) in [4.78, 5) is 2.48. The Morgan fingerprint density at radius 3 is 2.68 bits per heavy atom. The molecular formula is C13H18BrNO3S. The van der Waals surface area contributed by atoms with Gasteiger partial charge in [-0.05, 0) is 19.1 Å². The molecule has 0 N–H and O–H groups in total. The van der Waals surface area contributed by atoms with Crippen molar-refractivity contribution in [3.05, 3.63) is 24.3 Å². The van der Waals surface area contributed by atoms with Crippen molar-refractivity contribution in [1.82, 2.24) is 0 Å².